The Kier molecular flexibility index (Phi) is 13.8. The van der Waals surface area contributed by atoms with E-state index in [1.165, 1.54) is 0 Å². The van der Waals surface area contributed by atoms with Gasteiger partial charge in [0.2, 0.25) is 0 Å². The average Bonchev–Trinajstić information content (AvgIpc) is 2.95. The zero-order valence-corrected chi connectivity index (χ0v) is 29.1. The molecule has 2 fully saturated rings. The normalized spacial score (nSPS) is 33.0. The van der Waals surface area contributed by atoms with Crippen LogP contribution < -0.4 is 0 Å². The third kappa shape index (κ3) is 9.92. The highest BCUT2D eigenvalue weighted by Gasteiger charge is 2.56. The maximum absolute atomic E-state index is 13.0. The Labute approximate surface area is 273 Å². The average molecular weight is 661 g/mol. The molecule has 0 amide bonds. The molecular weight excluding hydrogens is 604 g/mol. The molecule has 10 atom stereocenters. The summed E-state index contributed by atoms with van der Waals surface area (Å²) in [7, 11) is 0. The van der Waals surface area contributed by atoms with Crippen LogP contribution in [0.1, 0.15) is 82.6 Å². The predicted octanol–water partition coefficient (Wildman–Crippen LogP) is 1.08. The summed E-state index contributed by atoms with van der Waals surface area (Å²) in [4.78, 5) is 25.1. The molecule has 0 spiro atoms. The largest absolute Gasteiger partial charge is 0.451 e. The Hall–Kier alpha value is -1.70. The molecule has 13 nitrogen and oxygen atoms in total. The Morgan fingerprint density at radius 2 is 1.37 bits per heavy atom. The maximum atomic E-state index is 13.0. The summed E-state index contributed by atoms with van der Waals surface area (Å²) in [6, 6.07) is 0. The second-order valence-corrected chi connectivity index (χ2v) is 14.6. The number of hydrogen-bond acceptors (Lipinski definition) is 13. The number of aliphatic hydroxyl groups is 4. The first-order chi connectivity index (χ1) is 21.0. The molecule has 4 N–H and O–H groups in total. The van der Waals surface area contributed by atoms with Crippen molar-refractivity contribution in [3.05, 3.63) is 0 Å². The van der Waals surface area contributed by atoms with E-state index in [0.717, 1.165) is 0 Å². The molecule has 0 aromatic carbocycles. The topological polar surface area (TPSA) is 180 Å². The van der Waals surface area contributed by atoms with E-state index in [-0.39, 0.29) is 19.3 Å². The molecule has 0 aromatic rings. The van der Waals surface area contributed by atoms with Crippen molar-refractivity contribution < 1.29 is 63.2 Å². The molecule has 0 aromatic heterocycles. The van der Waals surface area contributed by atoms with Crippen LogP contribution in [0.5, 0.6) is 0 Å². The third-order valence-corrected chi connectivity index (χ3v) is 8.34. The van der Waals surface area contributed by atoms with Gasteiger partial charge < -0.3 is 58.4 Å². The van der Waals surface area contributed by atoms with Crippen LogP contribution >= 0.6 is 0 Å². The number of carbonyl (C=O) groups is 2. The molecule has 46 heavy (non-hydrogen) atoms. The third-order valence-electron chi connectivity index (χ3n) is 8.34. The summed E-state index contributed by atoms with van der Waals surface area (Å²) in [5, 5.41) is 44.4. The van der Waals surface area contributed by atoms with E-state index in [1.54, 1.807) is 55.4 Å². The molecule has 0 saturated carbocycles. The molecular formula is C33H56O13. The highest BCUT2D eigenvalue weighted by molar-refractivity contribution is 5.76. The van der Waals surface area contributed by atoms with Gasteiger partial charge in [-0.25, -0.2) is 4.79 Å². The van der Waals surface area contributed by atoms with Crippen LogP contribution in [-0.4, -0.2) is 135 Å². The smallest absolute Gasteiger partial charge is 0.339 e. The molecule has 2 saturated heterocycles. The second kappa shape index (κ2) is 15.7. The van der Waals surface area contributed by atoms with E-state index >= 15 is 0 Å². The van der Waals surface area contributed by atoms with Gasteiger partial charge in [0.1, 0.15) is 54.9 Å². The van der Waals surface area contributed by atoms with Crippen molar-refractivity contribution in [1.29, 1.82) is 0 Å². The fourth-order valence-corrected chi connectivity index (χ4v) is 5.65. The number of hydrogen-bond donors (Lipinski definition) is 4. The molecule has 0 aliphatic carbocycles. The van der Waals surface area contributed by atoms with Gasteiger partial charge in [0, 0.05) is 0 Å². The molecule has 2 aliphatic heterocycles. The number of rotatable bonds is 15. The van der Waals surface area contributed by atoms with E-state index < -0.39 is 89.4 Å². The van der Waals surface area contributed by atoms with E-state index in [9.17, 15) is 30.0 Å². The first-order valence-corrected chi connectivity index (χ1v) is 15.8. The molecule has 0 bridgehead atoms. The highest BCUT2D eigenvalue weighted by atomic mass is 16.6. The Balaban J connectivity index is 2.23. The molecule has 8 unspecified atom stereocenters. The van der Waals surface area contributed by atoms with Crippen molar-refractivity contribution in [2.75, 3.05) is 13.2 Å². The van der Waals surface area contributed by atoms with Crippen LogP contribution in [0.2, 0.25) is 0 Å². The minimum Gasteiger partial charge on any atom is -0.451 e. The lowest BCUT2D eigenvalue weighted by atomic mass is 9.85. The minimum atomic E-state index is -1.55. The number of ether oxygens (including phenoxy) is 7. The number of aliphatic hydroxyl groups excluding tert-OH is 4. The van der Waals surface area contributed by atoms with E-state index in [2.05, 4.69) is 5.92 Å². The fourth-order valence-electron chi connectivity index (χ4n) is 5.65. The van der Waals surface area contributed by atoms with Gasteiger partial charge in [0.15, 0.2) is 19.0 Å². The van der Waals surface area contributed by atoms with Crippen LogP contribution in [0.15, 0.2) is 0 Å². The van der Waals surface area contributed by atoms with Gasteiger partial charge in [-0.1, -0.05) is 12.8 Å². The van der Waals surface area contributed by atoms with Crippen molar-refractivity contribution in [1.82, 2.24) is 0 Å². The zero-order valence-electron chi connectivity index (χ0n) is 29.1. The molecule has 266 valence electrons. The van der Waals surface area contributed by atoms with Crippen molar-refractivity contribution in [2.45, 2.75) is 172 Å². The van der Waals surface area contributed by atoms with Crippen molar-refractivity contribution in [3.8, 4) is 12.3 Å². The van der Waals surface area contributed by atoms with Gasteiger partial charge in [-0.15, -0.1) is 6.42 Å². The summed E-state index contributed by atoms with van der Waals surface area (Å²) in [6.07, 6.45) is -7.40. The molecule has 0 radical (unpaired) electrons. The van der Waals surface area contributed by atoms with Gasteiger partial charge in [-0.05, 0) is 75.7 Å². The van der Waals surface area contributed by atoms with Crippen molar-refractivity contribution in [2.24, 2.45) is 0 Å². The standard InChI is InChI=1S/C33H56O13/c1-13-15-40-29(39)26-25(46-30(5,6)14-2)21(36)23(38)27(43-26)32(9,10)41-17-31(7,8)45-24-19(16-34)42-28(22(37)20(24)35)33(11,12)44-18(3)4/h1,16,18-28,35-38H,14-15,17H2,2-12H3/t19?,20?,21?,22?,23?,24-,25+,26?,27?,28?/m1/s1. The monoisotopic (exact) mass is 660 g/mol. The summed E-state index contributed by atoms with van der Waals surface area (Å²) in [6.45, 7) is 18.5. The van der Waals surface area contributed by atoms with Crippen LogP contribution in [-0.2, 0) is 42.7 Å². The fraction of sp³-hybridized carbons (Fsp3) is 0.879. The van der Waals surface area contributed by atoms with Gasteiger partial charge in [0.25, 0.3) is 0 Å². The van der Waals surface area contributed by atoms with Crippen LogP contribution in [0, 0.1) is 12.3 Å². The Morgan fingerprint density at radius 1 is 0.848 bits per heavy atom. The number of esters is 1. The summed E-state index contributed by atoms with van der Waals surface area (Å²) < 4.78 is 41.3. The first kappa shape index (κ1) is 40.5. The first-order valence-electron chi connectivity index (χ1n) is 15.8. The van der Waals surface area contributed by atoms with Crippen LogP contribution in [0.4, 0.5) is 0 Å². The zero-order chi connectivity index (χ0) is 35.4. The number of terminal acetylenes is 1. The predicted molar refractivity (Wildman–Crippen MR) is 166 cm³/mol. The van der Waals surface area contributed by atoms with Crippen molar-refractivity contribution in [3.63, 3.8) is 0 Å². The SMILES string of the molecule is C#CCOC(=O)C1OC(C(C)(C)OCC(C)(C)O[C@@H]2C(C=O)OC(C(C)(C)OC(C)C)C(O)C2O)C(O)C(O)[C@@H]1OC(C)(C)CC. The van der Waals surface area contributed by atoms with Gasteiger partial charge in [-0.2, -0.15) is 0 Å². The minimum absolute atomic E-state index is 0.173. The highest BCUT2D eigenvalue weighted by Crippen LogP contribution is 2.37. The summed E-state index contributed by atoms with van der Waals surface area (Å²) in [5.74, 6) is 1.35. The molecule has 2 aliphatic rings. The van der Waals surface area contributed by atoms with Crippen LogP contribution in [0.25, 0.3) is 0 Å². The molecule has 2 rings (SSSR count). The van der Waals surface area contributed by atoms with Gasteiger partial charge in [0.05, 0.1) is 35.1 Å². The molecule has 13 heteroatoms. The van der Waals surface area contributed by atoms with E-state index in [1.807, 2.05) is 20.8 Å². The van der Waals surface area contributed by atoms with Crippen molar-refractivity contribution >= 4 is 12.3 Å². The summed E-state index contributed by atoms with van der Waals surface area (Å²) >= 11 is 0. The Bertz CT molecular complexity index is 1050. The number of carbonyl (C=O) groups excluding carboxylic acids is 2. The quantitative estimate of drug-likeness (QED) is 0.111. The van der Waals surface area contributed by atoms with Gasteiger partial charge >= 0.3 is 5.97 Å². The maximum Gasteiger partial charge on any atom is 0.339 e. The lowest BCUT2D eigenvalue weighted by molar-refractivity contribution is -0.301. The Morgan fingerprint density at radius 3 is 1.87 bits per heavy atom. The molecule has 2 heterocycles. The lowest BCUT2D eigenvalue weighted by Crippen LogP contribution is -2.67. The van der Waals surface area contributed by atoms with E-state index in [0.29, 0.717) is 12.7 Å². The lowest BCUT2D eigenvalue weighted by Gasteiger charge is -2.49. The van der Waals surface area contributed by atoms with Gasteiger partial charge in [-0.3, -0.25) is 0 Å². The summed E-state index contributed by atoms with van der Waals surface area (Å²) in [5.41, 5.74) is -4.33. The van der Waals surface area contributed by atoms with E-state index in [4.69, 9.17) is 39.6 Å². The second-order valence-electron chi connectivity index (χ2n) is 14.6. The number of aldehydes is 1. The van der Waals surface area contributed by atoms with Crippen LogP contribution in [0.3, 0.4) is 0 Å².